The number of carbonyl (C=O) groups excluding carboxylic acids is 1. The minimum atomic E-state index is -0.305. The molecule has 1 heterocycles. The zero-order chi connectivity index (χ0) is 17.3. The van der Waals surface area contributed by atoms with E-state index >= 15 is 0 Å². The Kier molecular flexibility index (Phi) is 4.01. The van der Waals surface area contributed by atoms with Gasteiger partial charge in [-0.15, -0.1) is 5.10 Å². The van der Waals surface area contributed by atoms with Crippen LogP contribution in [0, 0.1) is 0 Å². The highest BCUT2D eigenvalue weighted by Gasteiger charge is 2.15. The fourth-order valence-corrected chi connectivity index (χ4v) is 2.51. The molecule has 0 spiro atoms. The molecule has 0 bridgehead atoms. The van der Waals surface area contributed by atoms with Crippen molar-refractivity contribution in [2.75, 3.05) is 0 Å². The van der Waals surface area contributed by atoms with Crippen LogP contribution in [-0.4, -0.2) is 20.8 Å². The van der Waals surface area contributed by atoms with Gasteiger partial charge in [-0.3, -0.25) is 9.59 Å². The van der Waals surface area contributed by atoms with Gasteiger partial charge in [0.15, 0.2) is 5.78 Å². The number of hydrogen-bond donors (Lipinski definition) is 0. The van der Waals surface area contributed by atoms with Gasteiger partial charge < -0.3 is 0 Å². The Bertz CT molecular complexity index is 951. The summed E-state index contributed by atoms with van der Waals surface area (Å²) in [6.45, 7) is 6.24. The van der Waals surface area contributed by atoms with Gasteiger partial charge in [-0.1, -0.05) is 62.4 Å². The Morgan fingerprint density at radius 1 is 1.04 bits per heavy atom. The molecule has 0 unspecified atom stereocenters. The number of aromatic nitrogens is 3. The molecule has 0 N–H and O–H groups in total. The fraction of sp³-hybridized carbons (Fsp3) is 0.263. The average molecular weight is 321 g/mol. The SMILES string of the molecule is CC(C)(C)c1ccc(C(=O)Cn2nnc3ccccc3c2=O)cc1. The van der Waals surface area contributed by atoms with Crippen molar-refractivity contribution < 1.29 is 4.79 Å². The van der Waals surface area contributed by atoms with Crippen molar-refractivity contribution in [1.82, 2.24) is 15.0 Å². The lowest BCUT2D eigenvalue weighted by Gasteiger charge is -2.19. The van der Waals surface area contributed by atoms with E-state index in [2.05, 4.69) is 31.1 Å². The van der Waals surface area contributed by atoms with Crippen molar-refractivity contribution in [2.45, 2.75) is 32.7 Å². The lowest BCUT2D eigenvalue weighted by atomic mass is 9.86. The van der Waals surface area contributed by atoms with E-state index in [9.17, 15) is 9.59 Å². The van der Waals surface area contributed by atoms with E-state index in [0.29, 0.717) is 16.5 Å². The van der Waals surface area contributed by atoms with Gasteiger partial charge in [0, 0.05) is 5.56 Å². The molecule has 1 aromatic heterocycles. The van der Waals surface area contributed by atoms with Gasteiger partial charge in [-0.05, 0) is 23.1 Å². The van der Waals surface area contributed by atoms with Crippen LogP contribution in [0.4, 0.5) is 0 Å². The van der Waals surface area contributed by atoms with Crippen molar-refractivity contribution >= 4 is 16.7 Å². The van der Waals surface area contributed by atoms with Gasteiger partial charge in [0.05, 0.1) is 5.39 Å². The third-order valence-corrected chi connectivity index (χ3v) is 4.00. The first kappa shape index (κ1) is 16.1. The Morgan fingerprint density at radius 2 is 1.71 bits per heavy atom. The molecule has 0 atom stereocenters. The van der Waals surface area contributed by atoms with Crippen LogP contribution in [0.15, 0.2) is 53.3 Å². The number of carbonyl (C=O) groups is 1. The maximum atomic E-state index is 12.4. The molecular formula is C19H19N3O2. The second-order valence-electron chi connectivity index (χ2n) is 6.82. The first-order valence-corrected chi connectivity index (χ1v) is 7.82. The monoisotopic (exact) mass is 321 g/mol. The average Bonchev–Trinajstić information content (AvgIpc) is 2.57. The number of Topliss-reactive ketones (excluding diaryl/α,β-unsaturated/α-hetero) is 1. The van der Waals surface area contributed by atoms with Crippen LogP contribution < -0.4 is 5.56 Å². The zero-order valence-electron chi connectivity index (χ0n) is 14.0. The third-order valence-electron chi connectivity index (χ3n) is 4.00. The van der Waals surface area contributed by atoms with Crippen LogP contribution >= 0.6 is 0 Å². The van der Waals surface area contributed by atoms with Crippen molar-refractivity contribution in [1.29, 1.82) is 0 Å². The van der Waals surface area contributed by atoms with Crippen LogP contribution in [0.25, 0.3) is 10.9 Å². The highest BCUT2D eigenvalue weighted by atomic mass is 16.1. The Hall–Kier alpha value is -2.82. The molecule has 122 valence electrons. The highest BCUT2D eigenvalue weighted by Crippen LogP contribution is 2.22. The predicted molar refractivity (Wildman–Crippen MR) is 93.3 cm³/mol. The third kappa shape index (κ3) is 3.11. The van der Waals surface area contributed by atoms with Crippen molar-refractivity contribution in [2.24, 2.45) is 0 Å². The molecular weight excluding hydrogens is 302 g/mol. The van der Waals surface area contributed by atoms with Crippen LogP contribution in [0.3, 0.4) is 0 Å². The van der Waals surface area contributed by atoms with Gasteiger partial charge in [-0.25, -0.2) is 4.68 Å². The summed E-state index contributed by atoms with van der Waals surface area (Å²) < 4.78 is 1.11. The molecule has 5 heteroatoms. The predicted octanol–water partition coefficient (Wildman–Crippen LogP) is 2.97. The molecule has 0 radical (unpaired) electrons. The molecule has 5 nitrogen and oxygen atoms in total. The van der Waals surface area contributed by atoms with Crippen molar-refractivity contribution in [3.63, 3.8) is 0 Å². The fourth-order valence-electron chi connectivity index (χ4n) is 2.51. The van der Waals surface area contributed by atoms with E-state index in [4.69, 9.17) is 0 Å². The van der Waals surface area contributed by atoms with Crippen LogP contribution in [0.2, 0.25) is 0 Å². The van der Waals surface area contributed by atoms with Crippen molar-refractivity contribution in [3.05, 3.63) is 70.0 Å². The molecule has 0 fully saturated rings. The summed E-state index contributed by atoms with van der Waals surface area (Å²) in [6.07, 6.45) is 0. The lowest BCUT2D eigenvalue weighted by Crippen LogP contribution is -2.27. The Labute approximate surface area is 139 Å². The van der Waals surface area contributed by atoms with E-state index < -0.39 is 0 Å². The molecule has 0 amide bonds. The molecule has 3 aromatic rings. The minimum absolute atomic E-state index is 0.0301. The lowest BCUT2D eigenvalue weighted by molar-refractivity contribution is 0.0964. The van der Waals surface area contributed by atoms with Crippen LogP contribution in [0.5, 0.6) is 0 Å². The summed E-state index contributed by atoms with van der Waals surface area (Å²) in [5, 5.41) is 8.32. The number of ketones is 1. The van der Waals surface area contributed by atoms with E-state index in [1.807, 2.05) is 12.1 Å². The van der Waals surface area contributed by atoms with Gasteiger partial charge in [0.2, 0.25) is 0 Å². The summed E-state index contributed by atoms with van der Waals surface area (Å²) in [5.41, 5.74) is 1.97. The van der Waals surface area contributed by atoms with Gasteiger partial charge in [-0.2, -0.15) is 0 Å². The van der Waals surface area contributed by atoms with E-state index in [1.165, 1.54) is 0 Å². The number of benzene rings is 2. The number of nitrogens with zero attached hydrogens (tertiary/aromatic N) is 3. The molecule has 0 saturated heterocycles. The molecule has 3 rings (SSSR count). The second kappa shape index (κ2) is 6.00. The topological polar surface area (TPSA) is 64.8 Å². The summed E-state index contributed by atoms with van der Waals surface area (Å²) in [4.78, 5) is 24.8. The van der Waals surface area contributed by atoms with Crippen LogP contribution in [-0.2, 0) is 12.0 Å². The van der Waals surface area contributed by atoms with Crippen LogP contribution in [0.1, 0.15) is 36.7 Å². The maximum absolute atomic E-state index is 12.4. The van der Waals surface area contributed by atoms with E-state index in [0.717, 1.165) is 10.2 Å². The first-order valence-electron chi connectivity index (χ1n) is 7.82. The first-order chi connectivity index (χ1) is 11.4. The minimum Gasteiger partial charge on any atom is -0.292 e. The smallest absolute Gasteiger partial charge is 0.278 e. The van der Waals surface area contributed by atoms with Crippen molar-refractivity contribution in [3.8, 4) is 0 Å². The maximum Gasteiger partial charge on any atom is 0.278 e. The van der Waals surface area contributed by atoms with Gasteiger partial charge in [0.25, 0.3) is 5.56 Å². The molecule has 24 heavy (non-hydrogen) atoms. The molecule has 2 aromatic carbocycles. The zero-order valence-corrected chi connectivity index (χ0v) is 14.0. The number of fused-ring (bicyclic) bond motifs is 1. The molecule has 0 aliphatic rings. The highest BCUT2D eigenvalue weighted by molar-refractivity contribution is 5.96. The molecule has 0 saturated carbocycles. The Morgan fingerprint density at radius 3 is 2.38 bits per heavy atom. The largest absolute Gasteiger partial charge is 0.292 e. The quantitative estimate of drug-likeness (QED) is 0.696. The summed E-state index contributed by atoms with van der Waals surface area (Å²) in [5.74, 6) is -0.165. The van der Waals surface area contributed by atoms with E-state index in [-0.39, 0.29) is 23.3 Å². The van der Waals surface area contributed by atoms with Gasteiger partial charge in [0.1, 0.15) is 12.1 Å². The normalized spacial score (nSPS) is 11.6. The molecule has 0 aliphatic carbocycles. The summed E-state index contributed by atoms with van der Waals surface area (Å²) >= 11 is 0. The van der Waals surface area contributed by atoms with E-state index in [1.54, 1.807) is 36.4 Å². The summed E-state index contributed by atoms with van der Waals surface area (Å²) in [6, 6.07) is 14.5. The number of rotatable bonds is 3. The Balaban J connectivity index is 1.87. The standard InChI is InChI=1S/C19H19N3O2/c1-19(2,3)14-10-8-13(9-11-14)17(23)12-22-18(24)15-6-4-5-7-16(15)20-21-22/h4-11H,12H2,1-3H3. The summed E-state index contributed by atoms with van der Waals surface area (Å²) in [7, 11) is 0. The molecule has 0 aliphatic heterocycles. The second-order valence-corrected chi connectivity index (χ2v) is 6.82. The van der Waals surface area contributed by atoms with Gasteiger partial charge >= 0.3 is 0 Å². The number of hydrogen-bond acceptors (Lipinski definition) is 4.